The number of alkyl carbamates (subject to hydrolysis) is 1. The Hall–Kier alpha value is -4.33. The molecule has 3 amide bonds. The maximum absolute atomic E-state index is 14.6. The van der Waals surface area contributed by atoms with E-state index in [-0.39, 0.29) is 24.3 Å². The number of hydrogen-bond donors (Lipinski definition) is 2. The van der Waals surface area contributed by atoms with Gasteiger partial charge in [0, 0.05) is 18.2 Å². The summed E-state index contributed by atoms with van der Waals surface area (Å²) in [5.41, 5.74) is 3.33. The van der Waals surface area contributed by atoms with Crippen molar-refractivity contribution in [3.8, 4) is 5.75 Å². The molecule has 0 saturated carbocycles. The Balaban J connectivity index is 2.10. The first-order chi connectivity index (χ1) is 20.3. The number of hydrogen-bond acceptors (Lipinski definition) is 5. The van der Waals surface area contributed by atoms with Crippen molar-refractivity contribution in [2.45, 2.75) is 85.0 Å². The number of benzene rings is 3. The number of nitrogens with zero attached hydrogens (tertiary/aromatic N) is 1. The molecule has 0 aliphatic carbocycles. The van der Waals surface area contributed by atoms with Crippen molar-refractivity contribution in [2.24, 2.45) is 0 Å². The van der Waals surface area contributed by atoms with Crippen LogP contribution in [0.5, 0.6) is 5.75 Å². The zero-order valence-electron chi connectivity index (χ0n) is 26.6. The molecule has 0 heterocycles. The summed E-state index contributed by atoms with van der Waals surface area (Å²) in [6.07, 6.45) is 0.121. The molecule has 0 radical (unpaired) electrons. The molecule has 0 aliphatic rings. The van der Waals surface area contributed by atoms with Crippen LogP contribution in [-0.2, 0) is 20.7 Å². The van der Waals surface area contributed by atoms with Gasteiger partial charge < -0.3 is 25.0 Å². The highest BCUT2D eigenvalue weighted by molar-refractivity contribution is 5.99. The second-order valence-electron chi connectivity index (χ2n) is 11.9. The number of methoxy groups -OCH3 is 1. The molecule has 0 aromatic heterocycles. The minimum Gasteiger partial charge on any atom is -0.497 e. The Morgan fingerprint density at radius 1 is 0.907 bits per heavy atom. The molecule has 0 saturated heterocycles. The second-order valence-corrected chi connectivity index (χ2v) is 11.9. The molecule has 0 fully saturated rings. The molecule has 0 bridgehead atoms. The molecule has 2 N–H and O–H groups in total. The quantitative estimate of drug-likeness (QED) is 0.259. The number of rotatable bonds is 11. The van der Waals surface area contributed by atoms with Crippen LogP contribution >= 0.6 is 0 Å². The van der Waals surface area contributed by atoms with Gasteiger partial charge in [0.15, 0.2) is 0 Å². The average molecular weight is 588 g/mol. The Labute approximate surface area is 255 Å². The van der Waals surface area contributed by atoms with Gasteiger partial charge in [0.2, 0.25) is 5.91 Å². The van der Waals surface area contributed by atoms with E-state index < -0.39 is 23.8 Å². The third kappa shape index (κ3) is 9.60. The standard InChI is InChI=1S/C35H45N3O5/c1-9-25(4)38(33(40)30(22-26-13-11-10-12-14-26)37-34(41)43-35(5,6)7)31(27-20-23(2)19-24(3)21-27)32(39)36-28-15-17-29(42-8)18-16-28/h10-21,25,30-31H,9,22H2,1-8H3,(H,36,39)(H,37,41). The van der Waals surface area contributed by atoms with Gasteiger partial charge in [-0.2, -0.15) is 0 Å². The van der Waals surface area contributed by atoms with E-state index in [1.165, 1.54) is 0 Å². The van der Waals surface area contributed by atoms with Gasteiger partial charge >= 0.3 is 6.09 Å². The Morgan fingerprint density at radius 3 is 2.05 bits per heavy atom. The number of carbonyl (C=O) groups is 3. The van der Waals surface area contributed by atoms with Crippen molar-refractivity contribution < 1.29 is 23.9 Å². The molecule has 3 atom stereocenters. The van der Waals surface area contributed by atoms with Crippen LogP contribution < -0.4 is 15.4 Å². The molecule has 3 unspecified atom stereocenters. The van der Waals surface area contributed by atoms with Crippen LogP contribution in [0.4, 0.5) is 10.5 Å². The minimum atomic E-state index is -0.978. The van der Waals surface area contributed by atoms with Gasteiger partial charge in [0.1, 0.15) is 23.4 Å². The summed E-state index contributed by atoms with van der Waals surface area (Å²) < 4.78 is 10.8. The Bertz CT molecular complexity index is 1360. The Morgan fingerprint density at radius 2 is 1.51 bits per heavy atom. The van der Waals surface area contributed by atoms with Gasteiger partial charge in [0.25, 0.3) is 5.91 Å². The van der Waals surface area contributed by atoms with Crippen molar-refractivity contribution >= 4 is 23.6 Å². The topological polar surface area (TPSA) is 97.0 Å². The molecule has 8 nitrogen and oxygen atoms in total. The Kier molecular flexibility index (Phi) is 11.4. The van der Waals surface area contributed by atoms with E-state index in [0.29, 0.717) is 23.4 Å². The summed E-state index contributed by atoms with van der Waals surface area (Å²) in [5, 5.41) is 5.82. The molecule has 3 aromatic rings. The van der Waals surface area contributed by atoms with Gasteiger partial charge in [0.05, 0.1) is 7.11 Å². The number of anilines is 1. The lowest BCUT2D eigenvalue weighted by molar-refractivity contribution is -0.143. The summed E-state index contributed by atoms with van der Waals surface area (Å²) >= 11 is 0. The first-order valence-electron chi connectivity index (χ1n) is 14.7. The molecule has 0 aliphatic heterocycles. The SMILES string of the molecule is CCC(C)N(C(=O)C(Cc1ccccc1)NC(=O)OC(C)(C)C)C(C(=O)Nc1ccc(OC)cc1)c1cc(C)cc(C)c1. The molecule has 0 spiro atoms. The van der Waals surface area contributed by atoms with Crippen LogP contribution in [0.3, 0.4) is 0 Å². The fraction of sp³-hybridized carbons (Fsp3) is 0.400. The molecular formula is C35H45N3O5. The number of aryl methyl sites for hydroxylation is 2. The summed E-state index contributed by atoms with van der Waals surface area (Å²) in [4.78, 5) is 43.4. The smallest absolute Gasteiger partial charge is 0.408 e. The highest BCUT2D eigenvalue weighted by Gasteiger charge is 2.39. The van der Waals surface area contributed by atoms with E-state index >= 15 is 0 Å². The first kappa shape index (κ1) is 33.2. The first-order valence-corrected chi connectivity index (χ1v) is 14.7. The summed E-state index contributed by atoms with van der Waals surface area (Å²) in [7, 11) is 1.58. The van der Waals surface area contributed by atoms with Crippen LogP contribution in [0.15, 0.2) is 72.8 Å². The number of nitrogens with one attached hydrogen (secondary N) is 2. The number of amides is 3. The predicted octanol–water partition coefficient (Wildman–Crippen LogP) is 6.75. The monoisotopic (exact) mass is 587 g/mol. The summed E-state index contributed by atoms with van der Waals surface area (Å²) in [6, 6.07) is 20.1. The van der Waals surface area contributed by atoms with E-state index in [4.69, 9.17) is 9.47 Å². The van der Waals surface area contributed by atoms with Gasteiger partial charge in [-0.1, -0.05) is 66.6 Å². The zero-order chi connectivity index (χ0) is 31.7. The summed E-state index contributed by atoms with van der Waals surface area (Å²) in [6.45, 7) is 13.1. The third-order valence-corrected chi connectivity index (χ3v) is 7.04. The lowest BCUT2D eigenvalue weighted by Crippen LogP contribution is -2.55. The molecule has 230 valence electrons. The third-order valence-electron chi connectivity index (χ3n) is 7.04. The number of carbonyl (C=O) groups excluding carboxylic acids is 3. The van der Waals surface area contributed by atoms with Gasteiger partial charge in [-0.3, -0.25) is 9.59 Å². The van der Waals surface area contributed by atoms with E-state index in [1.807, 2.05) is 76.2 Å². The lowest BCUT2D eigenvalue weighted by atomic mass is 9.95. The van der Waals surface area contributed by atoms with E-state index in [1.54, 1.807) is 57.0 Å². The van der Waals surface area contributed by atoms with Gasteiger partial charge in [-0.05, 0) is 83.4 Å². The van der Waals surface area contributed by atoms with E-state index in [9.17, 15) is 14.4 Å². The van der Waals surface area contributed by atoms with Crippen LogP contribution in [0, 0.1) is 13.8 Å². The van der Waals surface area contributed by atoms with Crippen LogP contribution in [0.1, 0.15) is 69.3 Å². The van der Waals surface area contributed by atoms with Crippen molar-refractivity contribution in [1.29, 1.82) is 0 Å². The van der Waals surface area contributed by atoms with E-state index in [0.717, 1.165) is 16.7 Å². The zero-order valence-corrected chi connectivity index (χ0v) is 26.6. The minimum absolute atomic E-state index is 0.228. The maximum atomic E-state index is 14.6. The highest BCUT2D eigenvalue weighted by Crippen LogP contribution is 2.30. The fourth-order valence-corrected chi connectivity index (χ4v) is 4.97. The molecule has 8 heteroatoms. The number of ether oxygens (including phenoxy) is 2. The van der Waals surface area contributed by atoms with Gasteiger partial charge in [-0.25, -0.2) is 4.79 Å². The predicted molar refractivity (Wildman–Crippen MR) is 170 cm³/mol. The molecule has 3 aromatic carbocycles. The normalized spacial score (nSPS) is 13.3. The molecule has 3 rings (SSSR count). The lowest BCUT2D eigenvalue weighted by Gasteiger charge is -2.38. The van der Waals surface area contributed by atoms with Crippen LogP contribution in [0.2, 0.25) is 0 Å². The highest BCUT2D eigenvalue weighted by atomic mass is 16.6. The maximum Gasteiger partial charge on any atom is 0.408 e. The van der Waals surface area contributed by atoms with Crippen molar-refractivity contribution in [2.75, 3.05) is 12.4 Å². The van der Waals surface area contributed by atoms with E-state index in [2.05, 4.69) is 10.6 Å². The molecular weight excluding hydrogens is 542 g/mol. The molecule has 43 heavy (non-hydrogen) atoms. The van der Waals surface area contributed by atoms with Crippen LogP contribution in [-0.4, -0.2) is 47.6 Å². The fourth-order valence-electron chi connectivity index (χ4n) is 4.97. The van der Waals surface area contributed by atoms with Gasteiger partial charge in [-0.15, -0.1) is 0 Å². The van der Waals surface area contributed by atoms with Crippen molar-refractivity contribution in [3.63, 3.8) is 0 Å². The van der Waals surface area contributed by atoms with Crippen LogP contribution in [0.25, 0.3) is 0 Å². The largest absolute Gasteiger partial charge is 0.497 e. The average Bonchev–Trinajstić information content (AvgIpc) is 2.94. The van der Waals surface area contributed by atoms with Crippen molar-refractivity contribution in [3.05, 3.63) is 95.1 Å². The summed E-state index contributed by atoms with van der Waals surface area (Å²) in [5.74, 6) is -0.0742. The van der Waals surface area contributed by atoms with Crippen molar-refractivity contribution in [1.82, 2.24) is 10.2 Å². The second kappa shape index (κ2) is 14.7.